The molecule has 0 spiro atoms. The summed E-state index contributed by atoms with van der Waals surface area (Å²) in [6.45, 7) is 2.11. The lowest BCUT2D eigenvalue weighted by atomic mass is 10.2. The van der Waals surface area contributed by atoms with Crippen LogP contribution >= 0.6 is 0 Å². The van der Waals surface area contributed by atoms with Crippen LogP contribution in [-0.2, 0) is 6.61 Å². The maximum Gasteiger partial charge on any atom is 0.212 e. The fourth-order valence-electron chi connectivity index (χ4n) is 1.64. The molecular weight excluding hydrogens is 186 g/mol. The van der Waals surface area contributed by atoms with E-state index in [9.17, 15) is 5.11 Å². The lowest BCUT2D eigenvalue weighted by Crippen LogP contribution is -2.35. The molecule has 0 aliphatic rings. The fraction of sp³-hybridized carbons (Fsp3) is 0.154. The fourth-order valence-corrected chi connectivity index (χ4v) is 1.64. The largest absolute Gasteiger partial charge is 0.385 e. The van der Waals surface area contributed by atoms with Gasteiger partial charge in [0.2, 0.25) is 11.4 Å². The van der Waals surface area contributed by atoms with Gasteiger partial charge in [-0.2, -0.15) is 4.57 Å². The summed E-state index contributed by atoms with van der Waals surface area (Å²) in [5.74, 6) is 0. The molecular formula is C13H14NO+. The van der Waals surface area contributed by atoms with Crippen LogP contribution in [0.1, 0.15) is 11.3 Å². The van der Waals surface area contributed by atoms with Gasteiger partial charge in [-0.25, -0.2) is 0 Å². The molecule has 0 radical (unpaired) electrons. The van der Waals surface area contributed by atoms with Gasteiger partial charge in [0.05, 0.1) is 0 Å². The van der Waals surface area contributed by atoms with Crippen molar-refractivity contribution in [1.29, 1.82) is 0 Å². The Balaban J connectivity index is 2.53. The van der Waals surface area contributed by atoms with Crippen molar-refractivity contribution in [3.63, 3.8) is 0 Å². The zero-order chi connectivity index (χ0) is 10.7. The number of aliphatic hydroxyl groups excluding tert-OH is 1. The first-order valence-corrected chi connectivity index (χ1v) is 4.99. The van der Waals surface area contributed by atoms with Crippen molar-refractivity contribution in [2.75, 3.05) is 0 Å². The third-order valence-electron chi connectivity index (χ3n) is 2.39. The van der Waals surface area contributed by atoms with Crippen LogP contribution in [0.2, 0.25) is 0 Å². The molecule has 0 saturated carbocycles. The second-order valence-corrected chi connectivity index (χ2v) is 3.56. The first-order valence-electron chi connectivity index (χ1n) is 4.99. The van der Waals surface area contributed by atoms with Gasteiger partial charge < -0.3 is 5.11 Å². The first-order chi connectivity index (χ1) is 7.31. The standard InChI is InChI=1S/C13H14NO/c1-11-5-4-7-12(9-11)14-8-3-2-6-13(14)10-15/h2-9,15H,10H2,1H3/q+1. The lowest BCUT2D eigenvalue weighted by molar-refractivity contribution is -0.606. The highest BCUT2D eigenvalue weighted by molar-refractivity contribution is 5.28. The molecule has 76 valence electrons. The van der Waals surface area contributed by atoms with Gasteiger partial charge in [-0.15, -0.1) is 0 Å². The Morgan fingerprint density at radius 2 is 2.00 bits per heavy atom. The number of nitrogens with zero attached hydrogens (tertiary/aromatic N) is 1. The van der Waals surface area contributed by atoms with Gasteiger partial charge in [-0.05, 0) is 18.6 Å². The van der Waals surface area contributed by atoms with Crippen molar-refractivity contribution in [3.8, 4) is 5.69 Å². The molecule has 1 aromatic heterocycles. The molecule has 0 amide bonds. The SMILES string of the molecule is Cc1cccc(-[n+]2ccccc2CO)c1. The van der Waals surface area contributed by atoms with Gasteiger partial charge >= 0.3 is 0 Å². The van der Waals surface area contributed by atoms with E-state index >= 15 is 0 Å². The molecule has 2 aromatic rings. The quantitative estimate of drug-likeness (QED) is 0.734. The molecule has 0 fully saturated rings. The number of hydrogen-bond acceptors (Lipinski definition) is 1. The van der Waals surface area contributed by atoms with Gasteiger partial charge in [-0.3, -0.25) is 0 Å². The molecule has 2 rings (SSSR count). The van der Waals surface area contributed by atoms with Crippen molar-refractivity contribution in [2.24, 2.45) is 0 Å². The van der Waals surface area contributed by atoms with Gasteiger partial charge in [-0.1, -0.05) is 12.1 Å². The Labute approximate surface area is 89.4 Å². The summed E-state index contributed by atoms with van der Waals surface area (Å²) in [5.41, 5.74) is 3.19. The topological polar surface area (TPSA) is 24.1 Å². The van der Waals surface area contributed by atoms with E-state index in [0.717, 1.165) is 11.4 Å². The van der Waals surface area contributed by atoms with E-state index in [-0.39, 0.29) is 6.61 Å². The highest BCUT2D eigenvalue weighted by Crippen LogP contribution is 2.05. The molecule has 1 N–H and O–H groups in total. The van der Waals surface area contributed by atoms with E-state index in [1.165, 1.54) is 5.56 Å². The van der Waals surface area contributed by atoms with Crippen molar-refractivity contribution >= 4 is 0 Å². The minimum atomic E-state index is 0.0504. The maximum atomic E-state index is 9.23. The smallest absolute Gasteiger partial charge is 0.212 e. The van der Waals surface area contributed by atoms with Crippen LogP contribution in [0, 0.1) is 6.92 Å². The average molecular weight is 200 g/mol. The molecule has 0 atom stereocenters. The number of aliphatic hydroxyl groups is 1. The summed E-state index contributed by atoms with van der Waals surface area (Å²) in [7, 11) is 0. The second kappa shape index (κ2) is 4.24. The maximum absolute atomic E-state index is 9.23. The molecule has 2 heteroatoms. The highest BCUT2D eigenvalue weighted by Gasteiger charge is 2.10. The molecule has 0 bridgehead atoms. The Bertz CT molecular complexity index is 466. The molecule has 0 aliphatic heterocycles. The van der Waals surface area contributed by atoms with Crippen molar-refractivity contribution in [3.05, 3.63) is 59.9 Å². The summed E-state index contributed by atoms with van der Waals surface area (Å²) in [4.78, 5) is 0. The molecule has 1 aromatic carbocycles. The number of pyridine rings is 1. The molecule has 15 heavy (non-hydrogen) atoms. The van der Waals surface area contributed by atoms with E-state index in [0.29, 0.717) is 0 Å². The minimum Gasteiger partial charge on any atom is -0.385 e. The van der Waals surface area contributed by atoms with E-state index in [1.807, 2.05) is 41.1 Å². The third-order valence-corrected chi connectivity index (χ3v) is 2.39. The number of aryl methyl sites for hydroxylation is 1. The van der Waals surface area contributed by atoms with Gasteiger partial charge in [0.15, 0.2) is 6.20 Å². The summed E-state index contributed by atoms with van der Waals surface area (Å²) in [5, 5.41) is 9.23. The zero-order valence-electron chi connectivity index (χ0n) is 8.72. The van der Waals surface area contributed by atoms with E-state index in [2.05, 4.69) is 19.1 Å². The molecule has 0 aliphatic carbocycles. The van der Waals surface area contributed by atoms with Crippen LogP contribution in [0.4, 0.5) is 0 Å². The monoisotopic (exact) mass is 200 g/mol. The normalized spacial score (nSPS) is 10.3. The predicted octanol–water partition coefficient (Wildman–Crippen LogP) is 1.76. The van der Waals surface area contributed by atoms with Crippen molar-refractivity contribution in [2.45, 2.75) is 13.5 Å². The average Bonchev–Trinajstić information content (AvgIpc) is 2.29. The zero-order valence-corrected chi connectivity index (χ0v) is 8.72. The van der Waals surface area contributed by atoms with Crippen LogP contribution in [0.15, 0.2) is 48.7 Å². The van der Waals surface area contributed by atoms with E-state index < -0.39 is 0 Å². The third kappa shape index (κ3) is 2.05. The Hall–Kier alpha value is -1.67. The Kier molecular flexibility index (Phi) is 2.79. The van der Waals surface area contributed by atoms with Crippen molar-refractivity contribution < 1.29 is 9.67 Å². The van der Waals surface area contributed by atoms with Crippen LogP contribution in [0.3, 0.4) is 0 Å². The highest BCUT2D eigenvalue weighted by atomic mass is 16.3. The second-order valence-electron chi connectivity index (χ2n) is 3.56. The summed E-state index contributed by atoms with van der Waals surface area (Å²) in [6, 6.07) is 14.0. The summed E-state index contributed by atoms with van der Waals surface area (Å²) >= 11 is 0. The minimum absolute atomic E-state index is 0.0504. The van der Waals surface area contributed by atoms with Crippen LogP contribution in [0.25, 0.3) is 5.69 Å². The molecule has 0 saturated heterocycles. The van der Waals surface area contributed by atoms with E-state index in [1.54, 1.807) is 0 Å². The lowest BCUT2D eigenvalue weighted by Gasteiger charge is -2.00. The van der Waals surface area contributed by atoms with Crippen LogP contribution < -0.4 is 4.57 Å². The number of benzene rings is 1. The summed E-state index contributed by atoms with van der Waals surface area (Å²) in [6.07, 6.45) is 1.96. The number of aromatic nitrogens is 1. The first kappa shape index (κ1) is 9.87. The molecule has 0 unspecified atom stereocenters. The Morgan fingerprint density at radius 1 is 1.13 bits per heavy atom. The number of rotatable bonds is 2. The number of hydrogen-bond donors (Lipinski definition) is 1. The predicted molar refractivity (Wildman–Crippen MR) is 58.6 cm³/mol. The summed E-state index contributed by atoms with van der Waals surface area (Å²) < 4.78 is 1.99. The van der Waals surface area contributed by atoms with Crippen LogP contribution in [0.5, 0.6) is 0 Å². The van der Waals surface area contributed by atoms with Crippen LogP contribution in [-0.4, -0.2) is 5.11 Å². The van der Waals surface area contributed by atoms with Crippen molar-refractivity contribution in [1.82, 2.24) is 0 Å². The van der Waals surface area contributed by atoms with E-state index in [4.69, 9.17) is 0 Å². The Morgan fingerprint density at radius 3 is 2.73 bits per heavy atom. The molecule has 2 nitrogen and oxygen atoms in total. The van der Waals surface area contributed by atoms with Gasteiger partial charge in [0, 0.05) is 24.3 Å². The van der Waals surface area contributed by atoms with Gasteiger partial charge in [0.25, 0.3) is 0 Å². The molecule has 1 heterocycles. The van der Waals surface area contributed by atoms with Gasteiger partial charge in [0.1, 0.15) is 6.61 Å².